The van der Waals surface area contributed by atoms with Gasteiger partial charge in [-0.05, 0) is 66.1 Å². The first-order chi connectivity index (χ1) is 16.8. The Morgan fingerprint density at radius 2 is 1.77 bits per heavy atom. The first-order valence-corrected chi connectivity index (χ1v) is 11.9. The number of aromatic nitrogens is 1. The number of piperidine rings is 1. The van der Waals surface area contributed by atoms with Crippen molar-refractivity contribution >= 4 is 22.9 Å². The molecule has 1 fully saturated rings. The summed E-state index contributed by atoms with van der Waals surface area (Å²) in [4.78, 5) is 28.4. The van der Waals surface area contributed by atoms with E-state index < -0.39 is 6.09 Å². The average molecular weight is 480 g/mol. The molecule has 1 aromatic heterocycles. The second kappa shape index (κ2) is 10.3. The van der Waals surface area contributed by atoms with Crippen molar-refractivity contribution in [2.45, 2.75) is 38.5 Å². The van der Waals surface area contributed by atoms with Crippen LogP contribution in [0.25, 0.3) is 22.2 Å². The molecule has 3 N–H and O–H groups in total. The van der Waals surface area contributed by atoms with Gasteiger partial charge in [-0.25, -0.2) is 4.79 Å². The lowest BCUT2D eigenvalue weighted by Crippen LogP contribution is -2.40. The monoisotopic (exact) mass is 479 g/mol. The quantitative estimate of drug-likeness (QED) is 0.507. The van der Waals surface area contributed by atoms with E-state index in [1.807, 2.05) is 18.2 Å². The van der Waals surface area contributed by atoms with E-state index in [9.17, 15) is 9.59 Å². The summed E-state index contributed by atoms with van der Waals surface area (Å²) in [5.41, 5.74) is 10.7. The normalized spacial score (nSPS) is 14.4. The van der Waals surface area contributed by atoms with Crippen LogP contribution in [0.5, 0.6) is 11.5 Å². The largest absolute Gasteiger partial charge is 0.493 e. The van der Waals surface area contributed by atoms with E-state index in [-0.39, 0.29) is 12.5 Å². The molecule has 0 spiro atoms. The molecule has 0 unspecified atom stereocenters. The Hall–Kier alpha value is -3.68. The molecule has 2 aromatic carbocycles. The fourth-order valence-corrected chi connectivity index (χ4v) is 4.99. The van der Waals surface area contributed by atoms with Crippen LogP contribution in [0.3, 0.4) is 0 Å². The molecule has 0 bridgehead atoms. The van der Waals surface area contributed by atoms with E-state index in [1.54, 1.807) is 19.1 Å². The average Bonchev–Trinajstić information content (AvgIpc) is 3.26. The number of benzene rings is 2. The number of carbonyl (C=O) groups is 2. The Morgan fingerprint density at radius 3 is 2.40 bits per heavy atom. The van der Waals surface area contributed by atoms with E-state index in [1.165, 1.54) is 16.5 Å². The number of aromatic amines is 1. The number of nitrogens with two attached hydrogens (primary N) is 1. The number of primary amides is 1. The van der Waals surface area contributed by atoms with Crippen LogP contribution in [0.4, 0.5) is 4.79 Å². The number of nitrogens with zero attached hydrogens (tertiary/aromatic N) is 1. The molecule has 0 saturated carbocycles. The third kappa shape index (κ3) is 5.06. The highest BCUT2D eigenvalue weighted by molar-refractivity contribution is 5.92. The summed E-state index contributed by atoms with van der Waals surface area (Å²) in [6.45, 7) is 5.37. The van der Waals surface area contributed by atoms with E-state index >= 15 is 0 Å². The lowest BCUT2D eigenvalue weighted by molar-refractivity contribution is -0.135. The number of rotatable bonds is 7. The van der Waals surface area contributed by atoms with Crippen molar-refractivity contribution in [3.63, 3.8) is 0 Å². The Balaban J connectivity index is 1.60. The van der Waals surface area contributed by atoms with Crippen LogP contribution in [0, 0.1) is 0 Å². The van der Waals surface area contributed by atoms with Crippen molar-refractivity contribution in [1.29, 1.82) is 0 Å². The number of ether oxygens (including phenoxy) is 3. The van der Waals surface area contributed by atoms with Gasteiger partial charge in [-0.2, -0.15) is 0 Å². The Labute approximate surface area is 205 Å². The van der Waals surface area contributed by atoms with Crippen LogP contribution in [0.2, 0.25) is 0 Å². The van der Waals surface area contributed by atoms with E-state index in [0.29, 0.717) is 36.4 Å². The zero-order valence-electron chi connectivity index (χ0n) is 20.7. The van der Waals surface area contributed by atoms with Crippen molar-refractivity contribution in [2.24, 2.45) is 5.73 Å². The maximum Gasteiger partial charge on any atom is 0.405 e. The molecular weight excluding hydrogens is 446 g/mol. The molecule has 0 radical (unpaired) electrons. The van der Waals surface area contributed by atoms with Crippen molar-refractivity contribution < 1.29 is 23.8 Å². The molecule has 35 heavy (non-hydrogen) atoms. The van der Waals surface area contributed by atoms with Gasteiger partial charge in [-0.15, -0.1) is 0 Å². The summed E-state index contributed by atoms with van der Waals surface area (Å²) in [6, 6.07) is 12.6. The number of hydrogen-bond acceptors (Lipinski definition) is 5. The van der Waals surface area contributed by atoms with Crippen LogP contribution >= 0.6 is 0 Å². The number of methoxy groups -OCH3 is 2. The second-order valence-corrected chi connectivity index (χ2v) is 9.21. The molecular formula is C27H33N3O5. The third-order valence-corrected chi connectivity index (χ3v) is 6.77. The van der Waals surface area contributed by atoms with Gasteiger partial charge in [0.15, 0.2) is 18.1 Å². The number of amides is 2. The van der Waals surface area contributed by atoms with Gasteiger partial charge in [0.25, 0.3) is 5.91 Å². The Kier molecular flexibility index (Phi) is 7.19. The maximum absolute atomic E-state index is 12.2. The van der Waals surface area contributed by atoms with Gasteiger partial charge in [0.1, 0.15) is 0 Å². The Bertz CT molecular complexity index is 1230. The molecule has 186 valence electrons. The zero-order valence-corrected chi connectivity index (χ0v) is 20.7. The third-order valence-electron chi connectivity index (χ3n) is 6.77. The minimum Gasteiger partial charge on any atom is -0.493 e. The van der Waals surface area contributed by atoms with Gasteiger partial charge in [-0.1, -0.05) is 19.9 Å². The molecule has 1 aliphatic rings. The first-order valence-electron chi connectivity index (χ1n) is 11.9. The maximum atomic E-state index is 12.2. The topological polar surface area (TPSA) is 107 Å². The number of hydrogen-bond donors (Lipinski definition) is 2. The highest BCUT2D eigenvalue weighted by Crippen LogP contribution is 2.40. The molecule has 0 aliphatic carbocycles. The van der Waals surface area contributed by atoms with Gasteiger partial charge in [0, 0.05) is 29.6 Å². The smallest absolute Gasteiger partial charge is 0.405 e. The molecule has 4 rings (SSSR count). The minimum atomic E-state index is -0.929. The summed E-state index contributed by atoms with van der Waals surface area (Å²) in [7, 11) is 3.28. The van der Waals surface area contributed by atoms with Crippen LogP contribution in [-0.4, -0.2) is 55.8 Å². The molecule has 1 saturated heterocycles. The summed E-state index contributed by atoms with van der Waals surface area (Å²) in [5.74, 6) is 1.87. The van der Waals surface area contributed by atoms with E-state index in [0.717, 1.165) is 29.6 Å². The van der Waals surface area contributed by atoms with Crippen molar-refractivity contribution in [3.05, 3.63) is 47.5 Å². The molecule has 1 aliphatic heterocycles. The summed E-state index contributed by atoms with van der Waals surface area (Å²) in [5, 5.41) is 1.22. The highest BCUT2D eigenvalue weighted by Gasteiger charge is 2.25. The highest BCUT2D eigenvalue weighted by atomic mass is 16.5. The lowest BCUT2D eigenvalue weighted by atomic mass is 9.87. The summed E-state index contributed by atoms with van der Waals surface area (Å²) >= 11 is 0. The Morgan fingerprint density at radius 1 is 1.06 bits per heavy atom. The number of H-pyrrole nitrogens is 1. The predicted molar refractivity (Wildman–Crippen MR) is 135 cm³/mol. The SMILES string of the molecule is COc1ccc(-c2[nH]c3ccc(C4CCN(C(=O)COC(N)=O)CC4)cc3c2C(C)C)cc1OC. The van der Waals surface area contributed by atoms with Gasteiger partial charge in [0.05, 0.1) is 19.9 Å². The van der Waals surface area contributed by atoms with E-state index in [2.05, 4.69) is 41.8 Å². The molecule has 8 heteroatoms. The zero-order chi connectivity index (χ0) is 25.1. The molecule has 0 atom stereocenters. The fourth-order valence-electron chi connectivity index (χ4n) is 4.99. The van der Waals surface area contributed by atoms with Gasteiger partial charge in [-0.3, -0.25) is 4.79 Å². The summed E-state index contributed by atoms with van der Waals surface area (Å²) in [6.07, 6.45) is 0.789. The second-order valence-electron chi connectivity index (χ2n) is 9.21. The lowest BCUT2D eigenvalue weighted by Gasteiger charge is -2.32. The van der Waals surface area contributed by atoms with Gasteiger partial charge < -0.3 is 29.8 Å². The number of nitrogens with one attached hydrogen (secondary N) is 1. The van der Waals surface area contributed by atoms with Crippen LogP contribution in [0.1, 0.15) is 49.7 Å². The molecule has 8 nitrogen and oxygen atoms in total. The van der Waals surface area contributed by atoms with Crippen LogP contribution in [-0.2, 0) is 9.53 Å². The van der Waals surface area contributed by atoms with Crippen molar-refractivity contribution in [3.8, 4) is 22.8 Å². The van der Waals surface area contributed by atoms with Crippen molar-refractivity contribution in [2.75, 3.05) is 33.9 Å². The van der Waals surface area contributed by atoms with Gasteiger partial charge in [0.2, 0.25) is 0 Å². The fraction of sp³-hybridized carbons (Fsp3) is 0.407. The molecule has 2 amide bonds. The van der Waals surface area contributed by atoms with E-state index in [4.69, 9.17) is 15.2 Å². The van der Waals surface area contributed by atoms with Crippen LogP contribution < -0.4 is 15.2 Å². The number of carbonyl (C=O) groups excluding carboxylic acids is 2. The van der Waals surface area contributed by atoms with Crippen molar-refractivity contribution in [1.82, 2.24) is 9.88 Å². The number of fused-ring (bicyclic) bond motifs is 1. The molecule has 2 heterocycles. The standard InChI is InChI=1S/C27H33N3O5/c1-16(2)25-20-13-18(17-9-11-30(12-10-17)24(31)15-35-27(28)32)5-7-21(20)29-26(25)19-6-8-22(33-3)23(14-19)34-4/h5-8,13-14,16-17,29H,9-12,15H2,1-4H3,(H2,28,32). The number of likely N-dealkylation sites (tertiary alicyclic amines) is 1. The summed E-state index contributed by atoms with van der Waals surface area (Å²) < 4.78 is 15.6. The van der Waals surface area contributed by atoms with Gasteiger partial charge >= 0.3 is 6.09 Å². The molecule has 3 aromatic rings. The minimum absolute atomic E-state index is 0.204. The van der Waals surface area contributed by atoms with Crippen LogP contribution in [0.15, 0.2) is 36.4 Å². The first kappa shape index (κ1) is 24.4. The predicted octanol–water partition coefficient (Wildman–Crippen LogP) is 4.78.